The first-order valence-corrected chi connectivity index (χ1v) is 5.41. The van der Waals surface area contributed by atoms with Crippen LogP contribution in [0.15, 0.2) is 18.2 Å². The zero-order valence-electron chi connectivity index (χ0n) is 9.49. The first-order chi connectivity index (χ1) is 7.15. The molecule has 0 saturated carbocycles. The lowest BCUT2D eigenvalue weighted by Gasteiger charge is -2.16. The van der Waals surface area contributed by atoms with E-state index >= 15 is 0 Å². The lowest BCUT2D eigenvalue weighted by Crippen LogP contribution is -2.04. The highest BCUT2D eigenvalue weighted by Gasteiger charge is 2.36. The van der Waals surface area contributed by atoms with Crippen LogP contribution in [0, 0.1) is 18.3 Å². The molecule has 0 bridgehead atoms. The highest BCUT2D eigenvalue weighted by Crippen LogP contribution is 2.37. The summed E-state index contributed by atoms with van der Waals surface area (Å²) < 4.78 is 0. The molecule has 1 saturated heterocycles. The van der Waals surface area contributed by atoms with Gasteiger partial charge in [0, 0.05) is 5.69 Å². The van der Waals surface area contributed by atoms with E-state index < -0.39 is 0 Å². The maximum atomic E-state index is 8.87. The lowest BCUT2D eigenvalue weighted by atomic mass is 9.98. The molecule has 0 amide bonds. The van der Waals surface area contributed by atoms with E-state index in [1.807, 2.05) is 0 Å². The minimum absolute atomic E-state index is 0.101. The van der Waals surface area contributed by atoms with Crippen molar-refractivity contribution in [2.75, 3.05) is 11.4 Å². The number of anilines is 1. The predicted octanol–water partition coefficient (Wildman–Crippen LogP) is 2.83. The van der Waals surface area contributed by atoms with Crippen LogP contribution in [0.5, 0.6) is 0 Å². The molecule has 0 spiro atoms. The third-order valence-corrected chi connectivity index (χ3v) is 2.94. The molecule has 1 heterocycles. The molecule has 1 aromatic carbocycles. The van der Waals surface area contributed by atoms with Gasteiger partial charge < -0.3 is 4.90 Å². The van der Waals surface area contributed by atoms with Gasteiger partial charge in [-0.1, -0.05) is 32.0 Å². The van der Waals surface area contributed by atoms with Gasteiger partial charge in [0.1, 0.15) is 6.04 Å². The van der Waals surface area contributed by atoms with Crippen LogP contribution < -0.4 is 4.90 Å². The van der Waals surface area contributed by atoms with Crippen molar-refractivity contribution in [1.29, 1.82) is 5.26 Å². The smallest absolute Gasteiger partial charge is 0.134 e. The maximum absolute atomic E-state index is 8.87. The van der Waals surface area contributed by atoms with E-state index in [4.69, 9.17) is 5.26 Å². The molecule has 2 nitrogen and oxygen atoms in total. The van der Waals surface area contributed by atoms with E-state index in [-0.39, 0.29) is 6.04 Å². The number of nitriles is 1. The number of nitrogens with zero attached hydrogens (tertiary/aromatic N) is 2. The number of hydrogen-bond acceptors (Lipinski definition) is 2. The molecule has 1 aliphatic rings. The number of para-hydroxylation sites is 1. The highest BCUT2D eigenvalue weighted by molar-refractivity contribution is 5.66. The summed E-state index contributed by atoms with van der Waals surface area (Å²) in [6.07, 6.45) is 0. The molecule has 0 N–H and O–H groups in total. The molecule has 1 fully saturated rings. The third kappa shape index (κ3) is 1.70. The molecule has 2 heteroatoms. The maximum Gasteiger partial charge on any atom is 0.134 e. The standard InChI is InChI=1S/C13H16N2/c1-9(2)12-6-4-5-10(3)13(12)15-8-11(15)7-14/h4-6,9,11H,8H2,1-3H3. The fraction of sp³-hybridized carbons (Fsp3) is 0.462. The van der Waals surface area contributed by atoms with Gasteiger partial charge in [-0.3, -0.25) is 0 Å². The Morgan fingerprint density at radius 1 is 1.47 bits per heavy atom. The Morgan fingerprint density at radius 3 is 2.73 bits per heavy atom. The number of hydrogen-bond donors (Lipinski definition) is 0. The van der Waals surface area contributed by atoms with Crippen molar-refractivity contribution in [1.82, 2.24) is 0 Å². The van der Waals surface area contributed by atoms with Gasteiger partial charge >= 0.3 is 0 Å². The van der Waals surface area contributed by atoms with Crippen LogP contribution in [0.25, 0.3) is 0 Å². The van der Waals surface area contributed by atoms with Gasteiger partial charge in [-0.05, 0) is 24.0 Å². The quantitative estimate of drug-likeness (QED) is 0.686. The first-order valence-electron chi connectivity index (χ1n) is 5.41. The van der Waals surface area contributed by atoms with Gasteiger partial charge in [-0.2, -0.15) is 5.26 Å². The van der Waals surface area contributed by atoms with Crippen molar-refractivity contribution in [3.05, 3.63) is 29.3 Å². The van der Waals surface area contributed by atoms with Crippen molar-refractivity contribution in [2.45, 2.75) is 32.7 Å². The summed E-state index contributed by atoms with van der Waals surface area (Å²) in [4.78, 5) is 2.19. The normalized spacial score (nSPS) is 19.1. The van der Waals surface area contributed by atoms with Gasteiger partial charge in [-0.25, -0.2) is 0 Å². The fourth-order valence-electron chi connectivity index (χ4n) is 2.04. The summed E-state index contributed by atoms with van der Waals surface area (Å²) >= 11 is 0. The summed E-state index contributed by atoms with van der Waals surface area (Å²) in [7, 11) is 0. The van der Waals surface area contributed by atoms with Crippen molar-refractivity contribution < 1.29 is 0 Å². The van der Waals surface area contributed by atoms with Crippen LogP contribution in [-0.4, -0.2) is 12.6 Å². The summed E-state index contributed by atoms with van der Waals surface area (Å²) in [5.41, 5.74) is 3.91. The van der Waals surface area contributed by atoms with Gasteiger partial charge in [0.15, 0.2) is 0 Å². The van der Waals surface area contributed by atoms with Crippen molar-refractivity contribution in [3.8, 4) is 6.07 Å². The second-order valence-corrected chi connectivity index (χ2v) is 4.46. The summed E-state index contributed by atoms with van der Waals surface area (Å²) in [5, 5.41) is 8.87. The third-order valence-electron chi connectivity index (χ3n) is 2.94. The molecule has 2 rings (SSSR count). The van der Waals surface area contributed by atoms with Gasteiger partial charge in [0.2, 0.25) is 0 Å². The summed E-state index contributed by atoms with van der Waals surface area (Å²) in [6.45, 7) is 7.40. The molecule has 0 radical (unpaired) electrons. The van der Waals surface area contributed by atoms with Gasteiger partial charge in [0.25, 0.3) is 0 Å². The summed E-state index contributed by atoms with van der Waals surface area (Å²) in [6, 6.07) is 8.79. The zero-order valence-corrected chi connectivity index (χ0v) is 9.49. The van der Waals surface area contributed by atoms with E-state index in [1.165, 1.54) is 16.8 Å². The van der Waals surface area contributed by atoms with Gasteiger partial charge in [-0.15, -0.1) is 0 Å². The predicted molar refractivity (Wildman–Crippen MR) is 62.0 cm³/mol. The Morgan fingerprint density at radius 2 is 2.20 bits per heavy atom. The Balaban J connectivity index is 2.41. The Bertz CT molecular complexity index is 415. The number of aryl methyl sites for hydroxylation is 1. The molecule has 1 atom stereocenters. The molecular formula is C13H16N2. The topological polar surface area (TPSA) is 26.8 Å². The Hall–Kier alpha value is -1.49. The zero-order chi connectivity index (χ0) is 11.0. The Kier molecular flexibility index (Phi) is 2.40. The van der Waals surface area contributed by atoms with Crippen LogP contribution in [0.2, 0.25) is 0 Å². The molecule has 15 heavy (non-hydrogen) atoms. The number of rotatable bonds is 2. The van der Waals surface area contributed by atoms with Crippen molar-refractivity contribution in [2.24, 2.45) is 0 Å². The minimum Gasteiger partial charge on any atom is -0.351 e. The van der Waals surface area contributed by atoms with Crippen LogP contribution in [0.1, 0.15) is 30.9 Å². The van der Waals surface area contributed by atoms with Crippen LogP contribution in [0.3, 0.4) is 0 Å². The molecule has 1 aromatic rings. The second-order valence-electron chi connectivity index (χ2n) is 4.46. The fourth-order valence-corrected chi connectivity index (χ4v) is 2.04. The van der Waals surface area contributed by atoms with Crippen LogP contribution >= 0.6 is 0 Å². The largest absolute Gasteiger partial charge is 0.351 e. The molecular weight excluding hydrogens is 184 g/mol. The SMILES string of the molecule is Cc1cccc(C(C)C)c1N1CC1C#N. The summed E-state index contributed by atoms with van der Waals surface area (Å²) in [5.74, 6) is 0.514. The van der Waals surface area contributed by atoms with Crippen molar-refractivity contribution in [3.63, 3.8) is 0 Å². The molecule has 0 aromatic heterocycles. The molecule has 0 aliphatic carbocycles. The van der Waals surface area contributed by atoms with E-state index in [1.54, 1.807) is 0 Å². The van der Waals surface area contributed by atoms with E-state index in [2.05, 4.69) is 49.9 Å². The average Bonchev–Trinajstić information content (AvgIpc) is 2.96. The minimum atomic E-state index is 0.101. The monoisotopic (exact) mass is 200 g/mol. The van der Waals surface area contributed by atoms with E-state index in [9.17, 15) is 0 Å². The average molecular weight is 200 g/mol. The van der Waals surface area contributed by atoms with E-state index in [0.717, 1.165) is 6.54 Å². The van der Waals surface area contributed by atoms with Crippen LogP contribution in [0.4, 0.5) is 5.69 Å². The molecule has 1 aliphatic heterocycles. The second kappa shape index (κ2) is 3.58. The first kappa shape index (κ1) is 10.0. The van der Waals surface area contributed by atoms with E-state index in [0.29, 0.717) is 5.92 Å². The van der Waals surface area contributed by atoms with Gasteiger partial charge in [0.05, 0.1) is 12.6 Å². The van der Waals surface area contributed by atoms with Crippen molar-refractivity contribution >= 4 is 5.69 Å². The molecule has 1 unspecified atom stereocenters. The molecule has 78 valence electrons. The van der Waals surface area contributed by atoms with Crippen LogP contribution in [-0.2, 0) is 0 Å². The highest BCUT2D eigenvalue weighted by atomic mass is 15.3. The Labute approximate surface area is 91.1 Å². The number of benzene rings is 1. The lowest BCUT2D eigenvalue weighted by molar-refractivity contribution is 0.862.